The minimum Gasteiger partial charge on any atom is -0.552 e. The van der Waals surface area contributed by atoms with Crippen molar-refractivity contribution in [3.63, 3.8) is 0 Å². The maximum atomic E-state index is 15.1. The lowest BCUT2D eigenvalue weighted by molar-refractivity contribution is -0.00738. The average Bonchev–Trinajstić information content (AvgIpc) is 3.43. The minimum atomic E-state index is -6.21. The Hall–Kier alpha value is -4.06. The molecule has 1 aliphatic heterocycles. The fraction of sp³-hybridized carbons (Fsp3) is 0.0952. The average molecular weight is 600 g/mol. The van der Waals surface area contributed by atoms with Crippen LogP contribution in [0.25, 0.3) is 0 Å². The first-order valence-corrected chi connectivity index (χ1v) is 10.1. The predicted molar refractivity (Wildman–Crippen MR) is 101 cm³/mol. The Bertz CT molecular complexity index is 1360. The van der Waals surface area contributed by atoms with Crippen LogP contribution >= 0.6 is 0 Å². The van der Waals surface area contributed by atoms with Crippen molar-refractivity contribution in [2.75, 3.05) is 13.2 Å². The molecule has 3 aromatic rings. The number of rotatable bonds is 4. The zero-order chi connectivity index (χ0) is 30.0. The Morgan fingerprint density at radius 3 is 0.775 bits per heavy atom. The summed E-state index contributed by atoms with van der Waals surface area (Å²) in [6.07, 6.45) is -7.94. The van der Waals surface area contributed by atoms with E-state index in [0.29, 0.717) is 0 Å². The summed E-state index contributed by atoms with van der Waals surface area (Å²) < 4.78 is 232. The SMILES string of the molecule is Fc1c(F)c(F)c([B-]([O+]=C2OCCO2)(c2c(F)c(F)c(F)c(F)c2F)c2c(F)c(F)c(F)c(F)c2F)c(F)c1F. The molecule has 3 aromatic carbocycles. The zero-order valence-corrected chi connectivity index (χ0v) is 18.4. The molecule has 0 bridgehead atoms. The van der Waals surface area contributed by atoms with E-state index in [4.69, 9.17) is 0 Å². The molecule has 0 unspecified atom stereocenters. The van der Waals surface area contributed by atoms with Crippen molar-refractivity contribution in [3.8, 4) is 0 Å². The van der Waals surface area contributed by atoms with Gasteiger partial charge in [-0.05, 0) is 0 Å². The molecule has 0 aliphatic carbocycles. The van der Waals surface area contributed by atoms with Gasteiger partial charge in [-0.3, -0.25) is 0 Å². The molecule has 1 aliphatic rings. The lowest BCUT2D eigenvalue weighted by atomic mass is 9.27. The second-order valence-electron chi connectivity index (χ2n) is 7.80. The van der Waals surface area contributed by atoms with Crippen LogP contribution in [0, 0.1) is 87.3 Å². The quantitative estimate of drug-likeness (QED) is 0.111. The molecule has 3 nitrogen and oxygen atoms in total. The highest BCUT2D eigenvalue weighted by Crippen LogP contribution is 2.30. The predicted octanol–water partition coefficient (Wildman–Crippen LogP) is 4.44. The number of halogens is 15. The van der Waals surface area contributed by atoms with Crippen LogP contribution in [-0.4, -0.2) is 25.7 Å². The van der Waals surface area contributed by atoms with E-state index in [0.717, 1.165) is 0 Å². The van der Waals surface area contributed by atoms with Crippen LogP contribution in [-0.2, 0) is 9.47 Å². The third-order valence-electron chi connectivity index (χ3n) is 5.75. The number of hydrogen-bond donors (Lipinski definition) is 0. The van der Waals surface area contributed by atoms with Crippen LogP contribution in [0.5, 0.6) is 0 Å². The number of cyclic esters (lactones) is 2. The fourth-order valence-corrected chi connectivity index (χ4v) is 4.05. The van der Waals surface area contributed by atoms with E-state index in [1.807, 2.05) is 0 Å². The van der Waals surface area contributed by atoms with E-state index in [9.17, 15) is 39.5 Å². The summed E-state index contributed by atoms with van der Waals surface area (Å²) >= 11 is 0. The van der Waals surface area contributed by atoms with Crippen molar-refractivity contribution in [1.29, 1.82) is 0 Å². The van der Waals surface area contributed by atoms with E-state index >= 15 is 26.3 Å². The molecular weight excluding hydrogens is 596 g/mol. The van der Waals surface area contributed by atoms with Crippen molar-refractivity contribution in [2.45, 2.75) is 0 Å². The molecule has 1 heterocycles. The lowest BCUT2D eigenvalue weighted by Crippen LogP contribution is -2.71. The summed E-state index contributed by atoms with van der Waals surface area (Å²) in [6, 6.07) is 0. The maximum absolute atomic E-state index is 15.1. The van der Waals surface area contributed by atoms with Gasteiger partial charge in [0.25, 0.3) is 0 Å². The number of carbonyl (C=O) groups excluding carboxylic acids is 1. The van der Waals surface area contributed by atoms with Gasteiger partial charge in [0, 0.05) is 0 Å². The van der Waals surface area contributed by atoms with Crippen LogP contribution in [0.15, 0.2) is 0 Å². The summed E-state index contributed by atoms with van der Waals surface area (Å²) in [5.74, 6) is -47.3. The molecule has 40 heavy (non-hydrogen) atoms. The normalized spacial score (nSPS) is 13.5. The van der Waals surface area contributed by atoms with E-state index in [1.165, 1.54) is 0 Å². The van der Waals surface area contributed by atoms with Gasteiger partial charge in [0.05, 0.1) is 0 Å². The fourth-order valence-electron chi connectivity index (χ4n) is 4.05. The lowest BCUT2D eigenvalue weighted by Gasteiger charge is -2.36. The summed E-state index contributed by atoms with van der Waals surface area (Å²) in [4.78, 5) is 0. The molecule has 4 rings (SSSR count). The first-order valence-electron chi connectivity index (χ1n) is 10.1. The second-order valence-corrected chi connectivity index (χ2v) is 7.80. The van der Waals surface area contributed by atoms with Crippen molar-refractivity contribution in [2.24, 2.45) is 0 Å². The Kier molecular flexibility index (Phi) is 7.12. The second kappa shape index (κ2) is 9.85. The summed E-state index contributed by atoms with van der Waals surface area (Å²) in [6.45, 7) is -1.38. The molecule has 0 atom stereocenters. The Labute approximate surface area is 210 Å². The van der Waals surface area contributed by atoms with Gasteiger partial charge in [-0.2, -0.15) is 0 Å². The third-order valence-corrected chi connectivity index (χ3v) is 5.75. The van der Waals surface area contributed by atoms with Crippen molar-refractivity contribution < 1.29 is 79.7 Å². The maximum Gasteiger partial charge on any atom is 0.659 e. The van der Waals surface area contributed by atoms with Gasteiger partial charge in [0.1, 0.15) is 34.9 Å². The van der Waals surface area contributed by atoms with E-state index in [-0.39, 0.29) is 0 Å². The number of hydrogen-bond acceptors (Lipinski definition) is 2. The first kappa shape index (κ1) is 28.9. The van der Waals surface area contributed by atoms with Crippen molar-refractivity contribution in [3.05, 3.63) is 87.3 Å². The van der Waals surface area contributed by atoms with E-state index < -0.39 is 129 Å². The molecule has 0 aromatic heterocycles. The highest BCUT2D eigenvalue weighted by Gasteiger charge is 2.54. The van der Waals surface area contributed by atoms with Crippen LogP contribution in [0.4, 0.5) is 70.2 Å². The molecule has 1 fully saturated rings. The molecule has 0 radical (unpaired) electrons. The monoisotopic (exact) mass is 600 g/mol. The molecule has 0 saturated carbocycles. The topological polar surface area (TPSA) is 29.8 Å². The Morgan fingerprint density at radius 2 is 0.550 bits per heavy atom. The molecule has 0 spiro atoms. The smallest absolute Gasteiger partial charge is 0.552 e. The molecule has 19 heteroatoms. The highest BCUT2D eigenvalue weighted by molar-refractivity contribution is 7.06. The molecule has 0 N–H and O–H groups in total. The van der Waals surface area contributed by atoms with Crippen molar-refractivity contribution >= 4 is 28.9 Å². The standard InChI is InChI=1S/C21H4BF15O3/c23-6-3(7(24)13(30)18(35)12(6)29)22(40-21-38-1-2-39-21,4-8(25)14(31)19(36)15(32)9(4)26)5-10(27)16(33)20(37)17(34)11(5)28/h1-2H2. The van der Waals surface area contributed by atoms with Crippen LogP contribution in [0.3, 0.4) is 0 Å². The summed E-state index contributed by atoms with van der Waals surface area (Å²) in [7, 11) is 0. The molecule has 214 valence electrons. The number of ether oxygens (including phenoxy) is 2. The molecule has 1 saturated heterocycles. The van der Waals surface area contributed by atoms with E-state index in [2.05, 4.69) is 13.8 Å². The minimum absolute atomic E-state index is 0.688. The Balaban J connectivity index is 2.48. The number of benzene rings is 3. The third kappa shape index (κ3) is 3.84. The first-order chi connectivity index (χ1) is 18.6. The Morgan fingerprint density at radius 1 is 0.350 bits per heavy atom. The largest absolute Gasteiger partial charge is 0.659 e. The summed E-state index contributed by atoms with van der Waals surface area (Å²) in [5, 5.41) is 0. The van der Waals surface area contributed by atoms with Gasteiger partial charge in [0.15, 0.2) is 52.4 Å². The van der Waals surface area contributed by atoms with Gasteiger partial charge in [-0.15, -0.1) is 0 Å². The van der Waals surface area contributed by atoms with Gasteiger partial charge in [-0.1, -0.05) is 16.4 Å². The molecule has 0 amide bonds. The van der Waals surface area contributed by atoms with Crippen LogP contribution in [0.2, 0.25) is 0 Å². The zero-order valence-electron chi connectivity index (χ0n) is 18.4. The van der Waals surface area contributed by atoms with Crippen LogP contribution in [0.1, 0.15) is 0 Å². The molecular formula is C21H4BF15O3. The van der Waals surface area contributed by atoms with Crippen molar-refractivity contribution in [1.82, 2.24) is 0 Å². The van der Waals surface area contributed by atoms with E-state index in [1.54, 1.807) is 0 Å². The van der Waals surface area contributed by atoms with Gasteiger partial charge in [0.2, 0.25) is 13.2 Å². The van der Waals surface area contributed by atoms with Gasteiger partial charge < -0.3 is 13.8 Å². The van der Waals surface area contributed by atoms with Crippen LogP contribution < -0.4 is 16.4 Å². The summed E-state index contributed by atoms with van der Waals surface area (Å²) in [5.41, 5.74) is -8.81. The van der Waals surface area contributed by atoms with Gasteiger partial charge >= 0.3 is 12.5 Å². The highest BCUT2D eigenvalue weighted by atomic mass is 19.2. The van der Waals surface area contributed by atoms with Gasteiger partial charge in [-0.25, -0.2) is 65.9 Å².